The standard InChI is InChI=1S/C34H37F3N2O4/c35-34(36,37)29-6-2-5-27(19-29)30(41)8-10-32(42)39-16-13-24(21-39)17-23-11-14-33(43,15-12-23)31-9-7-28(20-38-31)26-4-1-3-25(18-26)22-40/h1-7,9,18-20,23-24,40,43H,8,10-17,21-22H2/t23?,24-,33?/m1/s1. The summed E-state index contributed by atoms with van der Waals surface area (Å²) < 4.78 is 38.9. The zero-order chi connectivity index (χ0) is 30.6. The first-order valence-electron chi connectivity index (χ1n) is 14.9. The highest BCUT2D eigenvalue weighted by molar-refractivity contribution is 5.98. The van der Waals surface area contributed by atoms with E-state index in [2.05, 4.69) is 4.98 Å². The van der Waals surface area contributed by atoms with Crippen molar-refractivity contribution in [3.63, 3.8) is 0 Å². The van der Waals surface area contributed by atoms with Crippen molar-refractivity contribution in [1.29, 1.82) is 0 Å². The SMILES string of the molecule is O=C(CCC(=O)N1CC[C@H](CC2CCC(O)(c3ccc(-c4cccc(CO)c4)cn3)CC2)C1)c1cccc(C(F)(F)F)c1. The number of nitrogens with zero attached hydrogens (tertiary/aromatic N) is 2. The Hall–Kier alpha value is -3.56. The number of carbonyl (C=O) groups is 2. The molecule has 9 heteroatoms. The molecule has 6 nitrogen and oxygen atoms in total. The van der Waals surface area contributed by atoms with Crippen molar-refractivity contribution in [2.45, 2.75) is 69.8 Å². The van der Waals surface area contributed by atoms with Crippen molar-refractivity contribution in [2.24, 2.45) is 11.8 Å². The fraction of sp³-hybridized carbons (Fsp3) is 0.441. The lowest BCUT2D eigenvalue weighted by Crippen LogP contribution is -2.33. The molecule has 0 bridgehead atoms. The summed E-state index contributed by atoms with van der Waals surface area (Å²) in [6, 6.07) is 15.8. The number of aliphatic hydroxyl groups is 2. The predicted molar refractivity (Wildman–Crippen MR) is 156 cm³/mol. The average Bonchev–Trinajstić information content (AvgIpc) is 3.49. The summed E-state index contributed by atoms with van der Waals surface area (Å²) in [7, 11) is 0. The zero-order valence-electron chi connectivity index (χ0n) is 24.0. The van der Waals surface area contributed by atoms with Crippen LogP contribution in [0.4, 0.5) is 13.2 Å². The fourth-order valence-electron chi connectivity index (χ4n) is 6.45. The summed E-state index contributed by atoms with van der Waals surface area (Å²) >= 11 is 0. The van der Waals surface area contributed by atoms with E-state index in [1.807, 2.05) is 36.4 Å². The number of hydrogen-bond acceptors (Lipinski definition) is 5. The van der Waals surface area contributed by atoms with Crippen LogP contribution in [-0.2, 0) is 23.2 Å². The molecule has 2 aromatic carbocycles. The predicted octanol–water partition coefficient (Wildman–Crippen LogP) is 6.54. The first-order chi connectivity index (χ1) is 20.5. The highest BCUT2D eigenvalue weighted by Gasteiger charge is 2.38. The molecule has 2 fully saturated rings. The molecule has 5 rings (SSSR count). The van der Waals surface area contributed by atoms with Crippen LogP contribution in [0.25, 0.3) is 11.1 Å². The molecule has 1 saturated heterocycles. The number of carbonyl (C=O) groups excluding carboxylic acids is 2. The van der Waals surface area contributed by atoms with E-state index < -0.39 is 23.1 Å². The van der Waals surface area contributed by atoms with Crippen LogP contribution in [0.2, 0.25) is 0 Å². The third-order valence-corrected chi connectivity index (χ3v) is 9.00. The Labute approximate surface area is 249 Å². The van der Waals surface area contributed by atoms with Crippen LogP contribution in [-0.4, -0.2) is 44.9 Å². The first-order valence-corrected chi connectivity index (χ1v) is 14.9. The second-order valence-electron chi connectivity index (χ2n) is 12.0. The van der Waals surface area contributed by atoms with Gasteiger partial charge in [-0.2, -0.15) is 13.2 Å². The lowest BCUT2D eigenvalue weighted by molar-refractivity contribution is -0.137. The summed E-state index contributed by atoms with van der Waals surface area (Å²) in [6.07, 6.45) is 1.95. The van der Waals surface area contributed by atoms with Crippen molar-refractivity contribution in [2.75, 3.05) is 13.1 Å². The third-order valence-electron chi connectivity index (χ3n) is 9.00. The summed E-state index contributed by atoms with van der Waals surface area (Å²) in [5.74, 6) is 0.193. The van der Waals surface area contributed by atoms with Gasteiger partial charge in [-0.1, -0.05) is 36.4 Å². The van der Waals surface area contributed by atoms with Gasteiger partial charge in [0.15, 0.2) is 5.78 Å². The number of likely N-dealkylation sites (tertiary alicyclic amines) is 1. The molecule has 1 atom stereocenters. The van der Waals surface area contributed by atoms with E-state index in [4.69, 9.17) is 0 Å². The molecular formula is C34H37F3N2O4. The molecule has 228 valence electrons. The van der Waals surface area contributed by atoms with Crippen molar-refractivity contribution < 1.29 is 33.0 Å². The minimum absolute atomic E-state index is 0.0169. The van der Waals surface area contributed by atoms with E-state index in [1.54, 1.807) is 11.1 Å². The molecule has 0 spiro atoms. The third kappa shape index (κ3) is 7.51. The number of pyridine rings is 1. The van der Waals surface area contributed by atoms with Crippen LogP contribution in [0.15, 0.2) is 66.9 Å². The van der Waals surface area contributed by atoms with Gasteiger partial charge in [-0.15, -0.1) is 0 Å². The van der Waals surface area contributed by atoms with E-state index in [9.17, 15) is 33.0 Å². The van der Waals surface area contributed by atoms with Crippen LogP contribution in [0.1, 0.15) is 78.5 Å². The molecule has 2 heterocycles. The van der Waals surface area contributed by atoms with Gasteiger partial charge < -0.3 is 15.1 Å². The number of aliphatic hydroxyl groups excluding tert-OH is 1. The number of Topliss-reactive ketones (excluding diaryl/α,β-unsaturated/α-hetero) is 1. The maximum Gasteiger partial charge on any atom is 0.416 e. The number of benzene rings is 2. The Balaban J connectivity index is 1.07. The van der Waals surface area contributed by atoms with Crippen LogP contribution >= 0.6 is 0 Å². The van der Waals surface area contributed by atoms with Gasteiger partial charge in [0, 0.05) is 43.3 Å². The molecular weight excluding hydrogens is 557 g/mol. The van der Waals surface area contributed by atoms with Gasteiger partial charge in [-0.05, 0) is 85.8 Å². The topological polar surface area (TPSA) is 90.7 Å². The van der Waals surface area contributed by atoms with Crippen LogP contribution < -0.4 is 0 Å². The van der Waals surface area contributed by atoms with Gasteiger partial charge >= 0.3 is 6.18 Å². The number of aromatic nitrogens is 1. The first kappa shape index (κ1) is 30.9. The van der Waals surface area contributed by atoms with Crippen LogP contribution in [0.3, 0.4) is 0 Å². The maximum absolute atomic E-state index is 13.0. The largest absolute Gasteiger partial charge is 0.416 e. The number of amides is 1. The molecule has 1 aliphatic carbocycles. The number of hydrogen-bond donors (Lipinski definition) is 2. The van der Waals surface area contributed by atoms with Gasteiger partial charge in [0.1, 0.15) is 5.60 Å². The number of alkyl halides is 3. The molecule has 0 radical (unpaired) electrons. The minimum Gasteiger partial charge on any atom is -0.392 e. The maximum atomic E-state index is 13.0. The number of ketones is 1. The van der Waals surface area contributed by atoms with Gasteiger partial charge in [0.2, 0.25) is 5.91 Å². The van der Waals surface area contributed by atoms with Gasteiger partial charge in [-0.25, -0.2) is 0 Å². The van der Waals surface area contributed by atoms with Crippen LogP contribution in [0, 0.1) is 11.8 Å². The van der Waals surface area contributed by atoms with Gasteiger partial charge in [0.25, 0.3) is 0 Å². The Bertz CT molecular complexity index is 1430. The van der Waals surface area contributed by atoms with E-state index in [1.165, 1.54) is 12.1 Å². The molecule has 1 amide bonds. The molecule has 1 aliphatic heterocycles. The van der Waals surface area contributed by atoms with E-state index >= 15 is 0 Å². The fourth-order valence-corrected chi connectivity index (χ4v) is 6.45. The highest BCUT2D eigenvalue weighted by atomic mass is 19.4. The Kier molecular flexibility index (Phi) is 9.32. The van der Waals surface area contributed by atoms with Gasteiger partial charge in [-0.3, -0.25) is 14.6 Å². The molecule has 43 heavy (non-hydrogen) atoms. The highest BCUT2D eigenvalue weighted by Crippen LogP contribution is 2.42. The molecule has 2 N–H and O–H groups in total. The smallest absolute Gasteiger partial charge is 0.392 e. The molecule has 1 saturated carbocycles. The normalized spacial score (nSPS) is 22.5. The van der Waals surface area contributed by atoms with E-state index in [0.717, 1.165) is 54.5 Å². The zero-order valence-corrected chi connectivity index (χ0v) is 24.0. The number of rotatable bonds is 9. The van der Waals surface area contributed by atoms with Crippen molar-refractivity contribution in [3.8, 4) is 11.1 Å². The monoisotopic (exact) mass is 594 g/mol. The minimum atomic E-state index is -4.52. The second-order valence-corrected chi connectivity index (χ2v) is 12.0. The summed E-state index contributed by atoms with van der Waals surface area (Å²) in [4.78, 5) is 31.6. The van der Waals surface area contributed by atoms with Crippen molar-refractivity contribution in [3.05, 3.63) is 89.2 Å². The second kappa shape index (κ2) is 13.0. The summed E-state index contributed by atoms with van der Waals surface area (Å²) in [5.41, 5.74) is 1.53. The van der Waals surface area contributed by atoms with Crippen molar-refractivity contribution >= 4 is 11.7 Å². The lowest BCUT2D eigenvalue weighted by Gasteiger charge is -2.36. The average molecular weight is 595 g/mol. The molecule has 1 aromatic heterocycles. The summed E-state index contributed by atoms with van der Waals surface area (Å²) in [5, 5.41) is 20.8. The van der Waals surface area contributed by atoms with Crippen molar-refractivity contribution in [1.82, 2.24) is 9.88 Å². The molecule has 3 aromatic rings. The van der Waals surface area contributed by atoms with Gasteiger partial charge in [0.05, 0.1) is 17.9 Å². The Morgan fingerprint density at radius 2 is 1.70 bits per heavy atom. The van der Waals surface area contributed by atoms with E-state index in [-0.39, 0.29) is 30.9 Å². The Morgan fingerprint density at radius 3 is 2.40 bits per heavy atom. The summed E-state index contributed by atoms with van der Waals surface area (Å²) in [6.45, 7) is 1.22. The molecule has 0 unspecified atom stereocenters. The Morgan fingerprint density at radius 1 is 0.930 bits per heavy atom. The van der Waals surface area contributed by atoms with Crippen LogP contribution in [0.5, 0.6) is 0 Å². The van der Waals surface area contributed by atoms with E-state index in [0.29, 0.717) is 43.5 Å². The lowest BCUT2D eigenvalue weighted by atomic mass is 9.74. The molecule has 2 aliphatic rings. The quantitative estimate of drug-likeness (QED) is 0.275. The number of halogens is 3.